The van der Waals surface area contributed by atoms with E-state index in [1.54, 1.807) is 48.5 Å². The van der Waals surface area contributed by atoms with Crippen LogP contribution in [0.2, 0.25) is 5.02 Å². The van der Waals surface area contributed by atoms with Crippen molar-refractivity contribution < 1.29 is 14.3 Å². The first-order valence-corrected chi connectivity index (χ1v) is 10.7. The van der Waals surface area contributed by atoms with E-state index in [1.807, 2.05) is 6.26 Å². The highest BCUT2D eigenvalue weighted by atomic mass is 35.5. The number of hydrogen-bond donors (Lipinski definition) is 2. The zero-order valence-electron chi connectivity index (χ0n) is 15.7. The number of fused-ring (bicyclic) bond motifs is 2. The van der Waals surface area contributed by atoms with Crippen LogP contribution in [0.15, 0.2) is 65.8 Å². The molecule has 0 aliphatic carbocycles. The lowest BCUT2D eigenvalue weighted by Gasteiger charge is -2.35. The van der Waals surface area contributed by atoms with Crippen molar-refractivity contribution in [2.45, 2.75) is 10.9 Å². The summed E-state index contributed by atoms with van der Waals surface area (Å²) in [5.74, 6) is -1.28. The van der Waals surface area contributed by atoms with E-state index in [0.29, 0.717) is 22.2 Å². The Labute approximate surface area is 180 Å². The van der Waals surface area contributed by atoms with Gasteiger partial charge in [0, 0.05) is 16.7 Å². The number of imidazole rings is 1. The van der Waals surface area contributed by atoms with E-state index in [-0.39, 0.29) is 10.7 Å². The highest BCUT2D eigenvalue weighted by Crippen LogP contribution is 2.46. The van der Waals surface area contributed by atoms with Crippen LogP contribution in [0, 0.1) is 5.82 Å². The predicted octanol–water partition coefficient (Wildman–Crippen LogP) is 4.93. The Hall–Kier alpha value is -2.87. The summed E-state index contributed by atoms with van der Waals surface area (Å²) < 4.78 is 15.0. The molecule has 1 aliphatic rings. The molecule has 3 aromatic carbocycles. The number of anilines is 1. The number of rotatable bonds is 3. The first kappa shape index (κ1) is 19.1. The van der Waals surface area contributed by atoms with Crippen LogP contribution >= 0.6 is 23.4 Å². The molecule has 0 radical (unpaired) electrons. The summed E-state index contributed by atoms with van der Waals surface area (Å²) in [6, 6.07) is 16.3. The zero-order valence-corrected chi connectivity index (χ0v) is 17.3. The number of amides is 1. The summed E-state index contributed by atoms with van der Waals surface area (Å²) in [7, 11) is 0. The fraction of sp³-hybridized carbons (Fsp3) is 0.0909. The second kappa shape index (κ2) is 6.84. The largest absolute Gasteiger partial charge is 0.363 e. The Morgan fingerprint density at radius 3 is 2.77 bits per heavy atom. The average Bonchev–Trinajstić information content (AvgIpc) is 3.28. The van der Waals surface area contributed by atoms with Crippen molar-refractivity contribution in [1.82, 2.24) is 9.97 Å². The fourth-order valence-electron chi connectivity index (χ4n) is 3.89. The van der Waals surface area contributed by atoms with Gasteiger partial charge in [-0.2, -0.15) is 0 Å². The van der Waals surface area contributed by atoms with E-state index in [4.69, 9.17) is 11.6 Å². The zero-order chi connectivity index (χ0) is 21.0. The number of H-pyrrole nitrogens is 1. The molecule has 0 spiro atoms. The monoisotopic (exact) mass is 439 g/mol. The lowest BCUT2D eigenvalue weighted by Crippen LogP contribution is -2.45. The SMILES string of the molecule is CSc1nc2ccc(C3(O)c4ccccc4C(=O)N3c3cccc(Cl)c3F)cc2[nH]1. The first-order chi connectivity index (χ1) is 14.4. The van der Waals surface area contributed by atoms with E-state index in [9.17, 15) is 14.3 Å². The third kappa shape index (κ3) is 2.59. The van der Waals surface area contributed by atoms with E-state index in [2.05, 4.69) is 9.97 Å². The first-order valence-electron chi connectivity index (χ1n) is 9.10. The Balaban J connectivity index is 1.79. The molecule has 1 aromatic heterocycles. The molecular formula is C22H15ClFN3O2S. The number of halogens is 2. The van der Waals surface area contributed by atoms with Gasteiger partial charge in [0.2, 0.25) is 0 Å². The van der Waals surface area contributed by atoms with Crippen molar-refractivity contribution in [1.29, 1.82) is 0 Å². The van der Waals surface area contributed by atoms with Crippen molar-refractivity contribution in [3.8, 4) is 0 Å². The molecule has 150 valence electrons. The van der Waals surface area contributed by atoms with Crippen molar-refractivity contribution in [3.63, 3.8) is 0 Å². The Kier molecular flexibility index (Phi) is 4.36. The van der Waals surface area contributed by atoms with Gasteiger partial charge in [-0.05, 0) is 36.6 Å². The van der Waals surface area contributed by atoms with Gasteiger partial charge >= 0.3 is 0 Å². The topological polar surface area (TPSA) is 69.2 Å². The lowest BCUT2D eigenvalue weighted by atomic mass is 9.93. The average molecular weight is 440 g/mol. The highest BCUT2D eigenvalue weighted by molar-refractivity contribution is 7.98. The summed E-state index contributed by atoms with van der Waals surface area (Å²) >= 11 is 7.44. The number of nitrogens with one attached hydrogen (secondary N) is 1. The number of aromatic amines is 1. The molecular weight excluding hydrogens is 425 g/mol. The van der Waals surface area contributed by atoms with Gasteiger partial charge in [-0.25, -0.2) is 9.37 Å². The summed E-state index contributed by atoms with van der Waals surface area (Å²) in [4.78, 5) is 22.0. The summed E-state index contributed by atoms with van der Waals surface area (Å²) in [5.41, 5.74) is 0.494. The molecule has 1 atom stereocenters. The van der Waals surface area contributed by atoms with Crippen LogP contribution in [-0.2, 0) is 5.72 Å². The molecule has 0 saturated carbocycles. The van der Waals surface area contributed by atoms with Gasteiger partial charge in [-0.15, -0.1) is 0 Å². The van der Waals surface area contributed by atoms with Crippen LogP contribution in [0.4, 0.5) is 10.1 Å². The smallest absolute Gasteiger partial charge is 0.261 e. The maximum absolute atomic E-state index is 15.0. The maximum Gasteiger partial charge on any atom is 0.261 e. The molecule has 2 heterocycles. The van der Waals surface area contributed by atoms with Crippen LogP contribution in [0.25, 0.3) is 11.0 Å². The van der Waals surface area contributed by atoms with Crippen molar-refractivity contribution >= 4 is 46.0 Å². The minimum Gasteiger partial charge on any atom is -0.363 e. The number of thioether (sulfide) groups is 1. The van der Waals surface area contributed by atoms with Gasteiger partial charge in [0.25, 0.3) is 5.91 Å². The quantitative estimate of drug-likeness (QED) is 0.444. The third-order valence-electron chi connectivity index (χ3n) is 5.29. The van der Waals surface area contributed by atoms with E-state index in [1.165, 1.54) is 23.9 Å². The second-order valence-electron chi connectivity index (χ2n) is 6.91. The minimum atomic E-state index is -1.92. The van der Waals surface area contributed by atoms with Crippen LogP contribution in [0.3, 0.4) is 0 Å². The van der Waals surface area contributed by atoms with Gasteiger partial charge in [0.15, 0.2) is 16.7 Å². The molecule has 5 nitrogen and oxygen atoms in total. The Morgan fingerprint density at radius 1 is 1.17 bits per heavy atom. The molecule has 1 amide bonds. The van der Waals surface area contributed by atoms with Crippen molar-refractivity contribution in [2.24, 2.45) is 0 Å². The molecule has 2 N–H and O–H groups in total. The molecule has 5 rings (SSSR count). The summed E-state index contributed by atoms with van der Waals surface area (Å²) in [5, 5.41) is 12.6. The second-order valence-corrected chi connectivity index (χ2v) is 8.11. The highest BCUT2D eigenvalue weighted by Gasteiger charge is 2.51. The molecule has 0 fully saturated rings. The Bertz CT molecular complexity index is 1320. The van der Waals surface area contributed by atoms with Gasteiger partial charge in [-0.1, -0.05) is 53.7 Å². The van der Waals surface area contributed by atoms with Crippen LogP contribution in [-0.4, -0.2) is 27.2 Å². The van der Waals surface area contributed by atoms with Gasteiger partial charge in [0.05, 0.1) is 21.7 Å². The number of carbonyl (C=O) groups excluding carboxylic acids is 1. The molecule has 1 aliphatic heterocycles. The summed E-state index contributed by atoms with van der Waals surface area (Å²) in [6.07, 6.45) is 1.90. The van der Waals surface area contributed by atoms with Gasteiger partial charge < -0.3 is 10.1 Å². The molecule has 30 heavy (non-hydrogen) atoms. The lowest BCUT2D eigenvalue weighted by molar-refractivity contribution is 0.0699. The molecule has 8 heteroatoms. The number of aromatic nitrogens is 2. The molecule has 0 bridgehead atoms. The molecule has 4 aromatic rings. The third-order valence-corrected chi connectivity index (χ3v) is 6.16. The fourth-order valence-corrected chi connectivity index (χ4v) is 4.47. The predicted molar refractivity (Wildman–Crippen MR) is 116 cm³/mol. The molecule has 0 saturated heterocycles. The number of nitrogens with zero attached hydrogens (tertiary/aromatic N) is 2. The number of hydrogen-bond acceptors (Lipinski definition) is 4. The number of benzene rings is 3. The van der Waals surface area contributed by atoms with Crippen molar-refractivity contribution in [3.05, 3.63) is 88.2 Å². The van der Waals surface area contributed by atoms with E-state index < -0.39 is 17.4 Å². The van der Waals surface area contributed by atoms with Crippen LogP contribution in [0.5, 0.6) is 0 Å². The van der Waals surface area contributed by atoms with Crippen LogP contribution in [0.1, 0.15) is 21.5 Å². The van der Waals surface area contributed by atoms with Crippen LogP contribution < -0.4 is 4.90 Å². The van der Waals surface area contributed by atoms with E-state index >= 15 is 0 Å². The van der Waals surface area contributed by atoms with Crippen molar-refractivity contribution in [2.75, 3.05) is 11.2 Å². The normalized spacial score (nSPS) is 18.3. The molecule has 1 unspecified atom stereocenters. The summed E-state index contributed by atoms with van der Waals surface area (Å²) in [6.45, 7) is 0. The van der Waals surface area contributed by atoms with E-state index in [0.717, 1.165) is 15.6 Å². The minimum absolute atomic E-state index is 0.0966. The number of aliphatic hydroxyl groups is 1. The Morgan fingerprint density at radius 2 is 1.97 bits per heavy atom. The standard InChI is InChI=1S/C22H15ClFN3O2S/c1-30-21-25-16-10-9-12(11-17(16)26-21)22(29)14-6-3-2-5-13(14)20(28)27(22)18-8-4-7-15(23)19(18)24/h2-11,29H,1H3,(H,25,26). The maximum atomic E-state index is 15.0. The van der Waals surface area contributed by atoms with Gasteiger partial charge in [0.1, 0.15) is 0 Å². The number of carbonyl (C=O) groups is 1. The van der Waals surface area contributed by atoms with Gasteiger partial charge in [-0.3, -0.25) is 9.69 Å².